The fourth-order valence-corrected chi connectivity index (χ4v) is 6.84. The van der Waals surface area contributed by atoms with Gasteiger partial charge in [-0.15, -0.1) is 0 Å². The van der Waals surface area contributed by atoms with Gasteiger partial charge in [0.15, 0.2) is 0 Å². The molecule has 12 heteroatoms. The van der Waals surface area contributed by atoms with E-state index < -0.39 is 35.5 Å². The van der Waals surface area contributed by atoms with Crippen molar-refractivity contribution in [1.82, 2.24) is 0 Å². The number of carbonyl (C=O) groups is 2. The summed E-state index contributed by atoms with van der Waals surface area (Å²) < 4.78 is 52.1. The molecule has 3 heterocycles. The number of fused-ring (bicyclic) bond motifs is 1. The van der Waals surface area contributed by atoms with Crippen molar-refractivity contribution in [3.05, 3.63) is 0 Å². The van der Waals surface area contributed by atoms with E-state index in [1.165, 1.54) is 14.0 Å². The Morgan fingerprint density at radius 2 is 1.74 bits per heavy atom. The number of methoxy groups -OCH3 is 3. The lowest BCUT2D eigenvalue weighted by Gasteiger charge is -2.47. The SMILES string of the molecule is COCOC[C@@]1(C)O[C@H]2CC[C@@](C)(O)[C@H](C[C@H](C[C@H]3C[C@H](C)[C@H]([C@H](C)CC(=O)OC)O3)OC(C)=O)O[C@@H]2C[C@@H]1OCOC. The molecule has 3 fully saturated rings. The van der Waals surface area contributed by atoms with E-state index in [2.05, 4.69) is 6.92 Å². The second kappa shape index (κ2) is 16.3. The fourth-order valence-electron chi connectivity index (χ4n) is 6.84. The minimum Gasteiger partial charge on any atom is -0.469 e. The van der Waals surface area contributed by atoms with Crippen molar-refractivity contribution in [2.24, 2.45) is 11.8 Å². The van der Waals surface area contributed by atoms with Gasteiger partial charge in [-0.1, -0.05) is 13.8 Å². The summed E-state index contributed by atoms with van der Waals surface area (Å²) in [6, 6.07) is 0. The number of rotatable bonds is 15. The minimum absolute atomic E-state index is 0.00681. The Balaban J connectivity index is 1.72. The van der Waals surface area contributed by atoms with Crippen LogP contribution in [-0.2, 0) is 52.2 Å². The number of esters is 2. The van der Waals surface area contributed by atoms with Gasteiger partial charge in [0.05, 0.1) is 62.4 Å². The number of carbonyl (C=O) groups excluding carboxylic acids is 2. The van der Waals surface area contributed by atoms with Crippen LogP contribution in [-0.4, -0.2) is 112 Å². The van der Waals surface area contributed by atoms with Crippen molar-refractivity contribution in [2.45, 2.75) is 133 Å². The lowest BCUT2D eigenvalue weighted by molar-refractivity contribution is -0.277. The zero-order valence-electron chi connectivity index (χ0n) is 27.2. The number of aliphatic hydroxyl groups is 1. The van der Waals surface area contributed by atoms with Crippen molar-refractivity contribution < 1.29 is 57.3 Å². The van der Waals surface area contributed by atoms with Gasteiger partial charge >= 0.3 is 11.9 Å². The highest BCUT2D eigenvalue weighted by Gasteiger charge is 2.52. The first-order valence-corrected chi connectivity index (χ1v) is 15.4. The summed E-state index contributed by atoms with van der Waals surface area (Å²) in [5, 5.41) is 11.6. The molecule has 250 valence electrons. The Labute approximate surface area is 256 Å². The van der Waals surface area contributed by atoms with Gasteiger partial charge in [-0.3, -0.25) is 9.59 Å². The molecule has 3 saturated heterocycles. The summed E-state index contributed by atoms with van der Waals surface area (Å²) in [5.41, 5.74) is -1.96. The maximum Gasteiger partial charge on any atom is 0.305 e. The van der Waals surface area contributed by atoms with E-state index >= 15 is 0 Å². The Bertz CT molecular complexity index is 883. The van der Waals surface area contributed by atoms with Crippen molar-refractivity contribution in [2.75, 3.05) is 41.5 Å². The van der Waals surface area contributed by atoms with Crippen LogP contribution in [0.25, 0.3) is 0 Å². The molecule has 0 spiro atoms. The molecule has 0 aliphatic carbocycles. The van der Waals surface area contributed by atoms with E-state index in [0.29, 0.717) is 32.1 Å². The molecule has 43 heavy (non-hydrogen) atoms. The Hall–Kier alpha value is -1.38. The molecule has 0 bridgehead atoms. The van der Waals surface area contributed by atoms with Crippen molar-refractivity contribution in [1.29, 1.82) is 0 Å². The van der Waals surface area contributed by atoms with Gasteiger partial charge in [-0.25, -0.2) is 0 Å². The van der Waals surface area contributed by atoms with E-state index in [4.69, 9.17) is 42.6 Å². The van der Waals surface area contributed by atoms with Crippen LogP contribution >= 0.6 is 0 Å². The highest BCUT2D eigenvalue weighted by atomic mass is 16.7. The molecule has 0 amide bonds. The fraction of sp³-hybridized carbons (Fsp3) is 0.935. The number of hydrogen-bond acceptors (Lipinski definition) is 12. The lowest BCUT2D eigenvalue weighted by atomic mass is 9.86. The Morgan fingerprint density at radius 3 is 2.40 bits per heavy atom. The maximum atomic E-state index is 12.2. The smallest absolute Gasteiger partial charge is 0.305 e. The summed E-state index contributed by atoms with van der Waals surface area (Å²) in [5.74, 6) is -0.447. The first kappa shape index (κ1) is 36.1. The van der Waals surface area contributed by atoms with Gasteiger partial charge in [0.1, 0.15) is 25.3 Å². The summed E-state index contributed by atoms with van der Waals surface area (Å²) in [4.78, 5) is 24.0. The zero-order chi connectivity index (χ0) is 31.8. The van der Waals surface area contributed by atoms with Crippen LogP contribution in [0.5, 0.6) is 0 Å². The predicted octanol–water partition coefficient (Wildman–Crippen LogP) is 3.15. The number of ether oxygens (including phenoxy) is 9. The Kier molecular flexibility index (Phi) is 13.6. The molecular weight excluding hydrogens is 564 g/mol. The second-order valence-corrected chi connectivity index (χ2v) is 13.0. The number of hydrogen-bond donors (Lipinski definition) is 1. The van der Waals surface area contributed by atoms with E-state index in [9.17, 15) is 14.7 Å². The van der Waals surface area contributed by atoms with Crippen molar-refractivity contribution in [3.8, 4) is 0 Å². The highest BCUT2D eigenvalue weighted by molar-refractivity contribution is 5.69. The van der Waals surface area contributed by atoms with Crippen LogP contribution in [0.1, 0.15) is 79.6 Å². The molecule has 3 aliphatic heterocycles. The van der Waals surface area contributed by atoms with Crippen LogP contribution in [0.4, 0.5) is 0 Å². The molecule has 1 N–H and O–H groups in total. The van der Waals surface area contributed by atoms with Gasteiger partial charge in [0, 0.05) is 40.4 Å². The van der Waals surface area contributed by atoms with Crippen LogP contribution in [0, 0.1) is 11.8 Å². The molecule has 12 nitrogen and oxygen atoms in total. The average Bonchev–Trinajstić information content (AvgIpc) is 3.25. The van der Waals surface area contributed by atoms with Crippen molar-refractivity contribution >= 4 is 11.9 Å². The van der Waals surface area contributed by atoms with E-state index in [-0.39, 0.29) is 68.8 Å². The quantitative estimate of drug-likeness (QED) is 0.164. The largest absolute Gasteiger partial charge is 0.469 e. The molecule has 0 aromatic carbocycles. The van der Waals surface area contributed by atoms with E-state index in [0.717, 1.165) is 6.42 Å². The van der Waals surface area contributed by atoms with Crippen LogP contribution in [0.15, 0.2) is 0 Å². The molecule has 0 radical (unpaired) electrons. The van der Waals surface area contributed by atoms with Crippen LogP contribution < -0.4 is 0 Å². The second-order valence-electron chi connectivity index (χ2n) is 13.0. The molecule has 0 unspecified atom stereocenters. The molecule has 11 atom stereocenters. The van der Waals surface area contributed by atoms with Gasteiger partial charge in [-0.2, -0.15) is 0 Å². The summed E-state index contributed by atoms with van der Waals surface area (Å²) >= 11 is 0. The van der Waals surface area contributed by atoms with Gasteiger partial charge in [0.2, 0.25) is 0 Å². The summed E-state index contributed by atoms with van der Waals surface area (Å²) in [6.45, 7) is 9.65. The van der Waals surface area contributed by atoms with Gasteiger partial charge in [0.25, 0.3) is 0 Å². The maximum absolute atomic E-state index is 12.2. The lowest BCUT2D eigenvalue weighted by Crippen LogP contribution is -2.59. The minimum atomic E-state index is -1.19. The molecule has 0 aromatic rings. The normalized spacial score (nSPS) is 37.7. The monoisotopic (exact) mass is 618 g/mol. The van der Waals surface area contributed by atoms with E-state index in [1.807, 2.05) is 13.8 Å². The standard InChI is InChI=1S/C31H54O12/c1-19-11-22(41-29(19)20(2)12-28(33)37-8)13-23(40-21(3)32)14-26-30(4,34)10-9-24-25(42-26)15-27(39-18-36-7)31(5,43-24)16-38-17-35-6/h19-20,22-27,29,34H,9-18H2,1-8H3/t19-,20+,22+,23-,24-,25+,26-,27-,29+,30+,31+/m0/s1. The van der Waals surface area contributed by atoms with Gasteiger partial charge in [-0.05, 0) is 44.9 Å². The van der Waals surface area contributed by atoms with Crippen LogP contribution in [0.3, 0.4) is 0 Å². The molecule has 3 rings (SSSR count). The van der Waals surface area contributed by atoms with Crippen LogP contribution in [0.2, 0.25) is 0 Å². The van der Waals surface area contributed by atoms with Crippen molar-refractivity contribution in [3.63, 3.8) is 0 Å². The third-order valence-corrected chi connectivity index (χ3v) is 9.06. The molecule has 3 aliphatic rings. The molecule has 0 saturated carbocycles. The third-order valence-electron chi connectivity index (χ3n) is 9.06. The average molecular weight is 619 g/mol. The topological polar surface area (TPSA) is 137 Å². The molecule has 0 aromatic heterocycles. The van der Waals surface area contributed by atoms with E-state index in [1.54, 1.807) is 21.1 Å². The Morgan fingerprint density at radius 1 is 1.02 bits per heavy atom. The predicted molar refractivity (Wildman–Crippen MR) is 154 cm³/mol. The third kappa shape index (κ3) is 10.1. The summed E-state index contributed by atoms with van der Waals surface area (Å²) in [6.07, 6.45) is 0.861. The first-order chi connectivity index (χ1) is 20.3. The molecular formula is C31H54O12. The highest BCUT2D eigenvalue weighted by Crippen LogP contribution is 2.42. The van der Waals surface area contributed by atoms with Gasteiger partial charge < -0.3 is 47.7 Å². The summed E-state index contributed by atoms with van der Waals surface area (Å²) in [7, 11) is 4.51. The zero-order valence-corrected chi connectivity index (χ0v) is 27.2. The first-order valence-electron chi connectivity index (χ1n) is 15.4.